The van der Waals surface area contributed by atoms with E-state index in [1.54, 1.807) is 0 Å². The van der Waals surface area contributed by atoms with Crippen LogP contribution in [0.25, 0.3) is 10.2 Å². The Bertz CT molecular complexity index is 1040. The van der Waals surface area contributed by atoms with Crippen LogP contribution in [0.2, 0.25) is 0 Å². The molecule has 1 aliphatic rings. The molecule has 3 aromatic rings. The third kappa shape index (κ3) is 2.64. The lowest BCUT2D eigenvalue weighted by Gasteiger charge is -2.24. The number of aromatic nitrogens is 1. The van der Waals surface area contributed by atoms with Crippen molar-refractivity contribution in [2.45, 2.75) is 13.0 Å². The van der Waals surface area contributed by atoms with Crippen LogP contribution in [0.3, 0.4) is 0 Å². The van der Waals surface area contributed by atoms with Crippen LogP contribution in [-0.2, 0) is 9.59 Å². The van der Waals surface area contributed by atoms with Gasteiger partial charge in [0.25, 0.3) is 5.91 Å². The highest BCUT2D eigenvalue weighted by atomic mass is 79.9. The van der Waals surface area contributed by atoms with Crippen LogP contribution >= 0.6 is 27.3 Å². The van der Waals surface area contributed by atoms with E-state index in [9.17, 15) is 14.7 Å². The van der Waals surface area contributed by atoms with Gasteiger partial charge in [-0.05, 0) is 36.8 Å². The van der Waals surface area contributed by atoms with E-state index in [0.29, 0.717) is 5.13 Å². The Balaban J connectivity index is 1.90. The summed E-state index contributed by atoms with van der Waals surface area (Å²) in [5.74, 6) is -1.46. The minimum absolute atomic E-state index is 0.0941. The predicted octanol–water partition coefficient (Wildman–Crippen LogP) is 4.55. The molecule has 1 aliphatic heterocycles. The SMILES string of the molecule is CC(=O)C1=C(O)C(=O)N(c2nc3ccccc3s2)[C@H]1c1ccc(Br)cc1. The van der Waals surface area contributed by atoms with Crippen molar-refractivity contribution >= 4 is 54.3 Å². The summed E-state index contributed by atoms with van der Waals surface area (Å²) in [6.45, 7) is 1.35. The molecule has 2 aromatic carbocycles. The number of ketones is 1. The van der Waals surface area contributed by atoms with Crippen LogP contribution in [0, 0.1) is 0 Å². The van der Waals surface area contributed by atoms with Gasteiger partial charge in [0.2, 0.25) is 0 Å². The number of nitrogens with zero attached hydrogens (tertiary/aromatic N) is 2. The van der Waals surface area contributed by atoms with Gasteiger partial charge in [-0.2, -0.15) is 0 Å². The van der Waals surface area contributed by atoms with Gasteiger partial charge in [0.05, 0.1) is 21.8 Å². The second-order valence-corrected chi connectivity index (χ2v) is 7.84. The van der Waals surface area contributed by atoms with Crippen LogP contribution in [0.15, 0.2) is 64.3 Å². The van der Waals surface area contributed by atoms with Crippen molar-refractivity contribution in [2.24, 2.45) is 0 Å². The summed E-state index contributed by atoms with van der Waals surface area (Å²) in [6, 6.07) is 14.2. The van der Waals surface area contributed by atoms with Gasteiger partial charge >= 0.3 is 0 Å². The first-order chi connectivity index (χ1) is 12.5. The lowest BCUT2D eigenvalue weighted by Crippen LogP contribution is -2.30. The minimum Gasteiger partial charge on any atom is -0.503 e. The number of para-hydroxylation sites is 1. The molecule has 1 atom stereocenters. The Morgan fingerprint density at radius 1 is 1.19 bits per heavy atom. The zero-order valence-corrected chi connectivity index (χ0v) is 16.0. The van der Waals surface area contributed by atoms with E-state index in [1.807, 2.05) is 48.5 Å². The van der Waals surface area contributed by atoms with Crippen molar-refractivity contribution in [3.05, 3.63) is 69.9 Å². The van der Waals surface area contributed by atoms with E-state index in [-0.39, 0.29) is 11.4 Å². The normalized spacial score (nSPS) is 17.4. The summed E-state index contributed by atoms with van der Waals surface area (Å²) >= 11 is 4.74. The van der Waals surface area contributed by atoms with E-state index >= 15 is 0 Å². The van der Waals surface area contributed by atoms with Gasteiger partial charge < -0.3 is 5.11 Å². The standard InChI is InChI=1S/C19H13BrN2O3S/c1-10(23)15-16(11-6-8-12(20)9-7-11)22(18(25)17(15)24)19-21-13-4-2-3-5-14(13)26-19/h2-9,16,24H,1H3/t16-/m0/s1. The number of carbonyl (C=O) groups excluding carboxylic acids is 2. The van der Waals surface area contributed by atoms with Gasteiger partial charge in [0, 0.05) is 4.47 Å². The maximum Gasteiger partial charge on any atom is 0.296 e. The van der Waals surface area contributed by atoms with E-state index in [4.69, 9.17) is 0 Å². The molecular formula is C19H13BrN2O3S. The van der Waals surface area contributed by atoms with Crippen molar-refractivity contribution < 1.29 is 14.7 Å². The van der Waals surface area contributed by atoms with E-state index in [2.05, 4.69) is 20.9 Å². The van der Waals surface area contributed by atoms with Crippen molar-refractivity contribution in [3.8, 4) is 0 Å². The molecule has 7 heteroatoms. The van der Waals surface area contributed by atoms with E-state index in [0.717, 1.165) is 20.3 Å². The minimum atomic E-state index is -0.700. The lowest BCUT2D eigenvalue weighted by molar-refractivity contribution is -0.117. The maximum absolute atomic E-state index is 12.8. The highest BCUT2D eigenvalue weighted by molar-refractivity contribution is 9.10. The molecule has 0 unspecified atom stereocenters. The fourth-order valence-electron chi connectivity index (χ4n) is 3.09. The number of aliphatic hydroxyl groups is 1. The van der Waals surface area contributed by atoms with Crippen LogP contribution < -0.4 is 4.90 Å². The molecule has 5 nitrogen and oxygen atoms in total. The lowest BCUT2D eigenvalue weighted by atomic mass is 9.97. The number of hydrogen-bond donors (Lipinski definition) is 1. The molecule has 1 aromatic heterocycles. The molecule has 2 heterocycles. The number of halogens is 1. The summed E-state index contributed by atoms with van der Waals surface area (Å²) in [5, 5.41) is 10.8. The molecule has 0 fully saturated rings. The molecule has 0 bridgehead atoms. The molecule has 0 saturated heterocycles. The predicted molar refractivity (Wildman–Crippen MR) is 104 cm³/mol. The van der Waals surface area contributed by atoms with Gasteiger partial charge in [0.15, 0.2) is 16.7 Å². The van der Waals surface area contributed by atoms with Crippen LogP contribution in [0.1, 0.15) is 18.5 Å². The number of amides is 1. The number of thiazole rings is 1. The molecule has 0 saturated carbocycles. The van der Waals surface area contributed by atoms with Crippen molar-refractivity contribution in [3.63, 3.8) is 0 Å². The largest absolute Gasteiger partial charge is 0.503 e. The summed E-state index contributed by atoms with van der Waals surface area (Å²) in [7, 11) is 0. The van der Waals surface area contributed by atoms with Crippen LogP contribution in [0.4, 0.5) is 5.13 Å². The summed E-state index contributed by atoms with van der Waals surface area (Å²) in [6.07, 6.45) is 0. The highest BCUT2D eigenvalue weighted by Crippen LogP contribution is 2.43. The monoisotopic (exact) mass is 428 g/mol. The van der Waals surface area contributed by atoms with Gasteiger partial charge in [-0.1, -0.05) is 51.5 Å². The Labute approximate surface area is 161 Å². The second-order valence-electron chi connectivity index (χ2n) is 5.91. The van der Waals surface area contributed by atoms with E-state index in [1.165, 1.54) is 23.2 Å². The number of hydrogen-bond acceptors (Lipinski definition) is 5. The molecule has 0 aliphatic carbocycles. The first-order valence-corrected chi connectivity index (χ1v) is 9.47. The second kappa shape index (κ2) is 6.34. The Morgan fingerprint density at radius 3 is 2.54 bits per heavy atom. The Kier molecular flexibility index (Phi) is 4.13. The first-order valence-electron chi connectivity index (χ1n) is 7.86. The number of aliphatic hydroxyl groups excluding tert-OH is 1. The smallest absolute Gasteiger partial charge is 0.296 e. The number of rotatable bonds is 3. The van der Waals surface area contributed by atoms with Gasteiger partial charge in [-0.25, -0.2) is 4.98 Å². The maximum atomic E-state index is 12.8. The number of anilines is 1. The number of carbonyl (C=O) groups is 2. The molecule has 130 valence electrons. The number of fused-ring (bicyclic) bond motifs is 1. The number of Topliss-reactive ketones (excluding diaryl/α,β-unsaturated/α-hetero) is 1. The molecule has 0 radical (unpaired) electrons. The molecular weight excluding hydrogens is 416 g/mol. The van der Waals surface area contributed by atoms with Crippen molar-refractivity contribution in [2.75, 3.05) is 4.90 Å². The van der Waals surface area contributed by atoms with Crippen LogP contribution in [0.5, 0.6) is 0 Å². The number of benzene rings is 2. The average molecular weight is 429 g/mol. The highest BCUT2D eigenvalue weighted by Gasteiger charge is 2.44. The fraction of sp³-hybridized carbons (Fsp3) is 0.105. The van der Waals surface area contributed by atoms with Crippen molar-refractivity contribution in [1.82, 2.24) is 4.98 Å². The quantitative estimate of drug-likeness (QED) is 0.664. The third-order valence-corrected chi connectivity index (χ3v) is 5.83. The summed E-state index contributed by atoms with van der Waals surface area (Å²) in [4.78, 5) is 30.9. The van der Waals surface area contributed by atoms with E-state index < -0.39 is 17.7 Å². The molecule has 0 spiro atoms. The Hall–Kier alpha value is -2.51. The van der Waals surface area contributed by atoms with Gasteiger partial charge in [0.1, 0.15) is 0 Å². The average Bonchev–Trinajstić information content (AvgIpc) is 3.15. The first kappa shape index (κ1) is 16.9. The molecule has 26 heavy (non-hydrogen) atoms. The third-order valence-electron chi connectivity index (χ3n) is 4.26. The molecule has 1 amide bonds. The van der Waals surface area contributed by atoms with Crippen LogP contribution in [-0.4, -0.2) is 21.8 Å². The van der Waals surface area contributed by atoms with Gasteiger partial charge in [-0.15, -0.1) is 0 Å². The fourth-order valence-corrected chi connectivity index (χ4v) is 4.34. The molecule has 4 rings (SSSR count). The summed E-state index contributed by atoms with van der Waals surface area (Å²) < 4.78 is 1.82. The van der Waals surface area contributed by atoms with Gasteiger partial charge in [-0.3, -0.25) is 14.5 Å². The molecule has 1 N–H and O–H groups in total. The Morgan fingerprint density at radius 2 is 1.88 bits per heavy atom. The zero-order valence-electron chi connectivity index (χ0n) is 13.6. The zero-order chi connectivity index (χ0) is 18.4. The summed E-state index contributed by atoms with van der Waals surface area (Å²) in [5.41, 5.74) is 1.59. The topological polar surface area (TPSA) is 70.5 Å². The van der Waals surface area contributed by atoms with Crippen molar-refractivity contribution in [1.29, 1.82) is 0 Å².